The first-order valence-electron chi connectivity index (χ1n) is 5.94. The van der Waals surface area contributed by atoms with Crippen molar-refractivity contribution in [2.45, 2.75) is 58.4 Å². The van der Waals surface area contributed by atoms with Crippen molar-refractivity contribution in [2.24, 2.45) is 0 Å². The molecule has 0 spiro atoms. The number of ether oxygens (including phenoxy) is 2. The summed E-state index contributed by atoms with van der Waals surface area (Å²) in [7, 11) is 0. The third kappa shape index (κ3) is 3.57. The summed E-state index contributed by atoms with van der Waals surface area (Å²) in [5.74, 6) is 0. The van der Waals surface area contributed by atoms with Crippen LogP contribution in [0.4, 0.5) is 4.79 Å². The number of nitrogens with zero attached hydrogens (tertiary/aromatic N) is 1. The molecule has 0 saturated carbocycles. The summed E-state index contributed by atoms with van der Waals surface area (Å²) in [4.78, 5) is 13.6. The summed E-state index contributed by atoms with van der Waals surface area (Å²) < 4.78 is 10.9. The molecule has 1 heterocycles. The van der Waals surface area contributed by atoms with Gasteiger partial charge in [0.15, 0.2) is 0 Å². The molecule has 0 aromatic rings. The Morgan fingerprint density at radius 1 is 1.53 bits per heavy atom. The lowest BCUT2D eigenvalue weighted by molar-refractivity contribution is -0.180. The maximum absolute atomic E-state index is 12.1. The monoisotopic (exact) mass is 245 g/mol. The highest BCUT2D eigenvalue weighted by Crippen LogP contribution is 2.28. The zero-order valence-corrected chi connectivity index (χ0v) is 11.3. The SMILES string of the molecule is CC(C)(C)OC(=O)N1C(CO)CCOC1(C)C. The number of rotatable bonds is 1. The second-order valence-electron chi connectivity index (χ2n) is 5.77. The van der Waals surface area contributed by atoms with Crippen molar-refractivity contribution >= 4 is 6.09 Å². The van der Waals surface area contributed by atoms with Crippen LogP contribution in [-0.2, 0) is 9.47 Å². The van der Waals surface area contributed by atoms with Crippen LogP contribution in [-0.4, -0.2) is 46.7 Å². The molecular weight excluding hydrogens is 222 g/mol. The van der Waals surface area contributed by atoms with Gasteiger partial charge in [0, 0.05) is 0 Å². The number of amides is 1. The summed E-state index contributed by atoms with van der Waals surface area (Å²) in [5.41, 5.74) is -1.29. The Kier molecular flexibility index (Phi) is 4.04. The number of carbonyl (C=O) groups excluding carboxylic acids is 1. The molecule has 0 aliphatic carbocycles. The molecule has 0 bridgehead atoms. The van der Waals surface area contributed by atoms with Crippen LogP contribution >= 0.6 is 0 Å². The van der Waals surface area contributed by atoms with E-state index in [0.717, 1.165) is 0 Å². The van der Waals surface area contributed by atoms with E-state index < -0.39 is 17.4 Å². The molecule has 0 radical (unpaired) electrons. The van der Waals surface area contributed by atoms with Gasteiger partial charge in [0.25, 0.3) is 0 Å². The minimum atomic E-state index is -0.742. The van der Waals surface area contributed by atoms with Crippen molar-refractivity contribution in [1.82, 2.24) is 4.90 Å². The number of carbonyl (C=O) groups is 1. The number of hydrogen-bond donors (Lipinski definition) is 1. The normalized spacial score (nSPS) is 24.6. The molecule has 1 aliphatic heterocycles. The van der Waals surface area contributed by atoms with Crippen molar-refractivity contribution < 1.29 is 19.4 Å². The van der Waals surface area contributed by atoms with Crippen molar-refractivity contribution in [2.75, 3.05) is 13.2 Å². The molecular formula is C12H23NO4. The fraction of sp³-hybridized carbons (Fsp3) is 0.917. The topological polar surface area (TPSA) is 59.0 Å². The Bertz CT molecular complexity index is 283. The summed E-state index contributed by atoms with van der Waals surface area (Å²) >= 11 is 0. The van der Waals surface area contributed by atoms with E-state index >= 15 is 0 Å². The van der Waals surface area contributed by atoms with Gasteiger partial charge in [-0.2, -0.15) is 0 Å². The summed E-state index contributed by atoms with van der Waals surface area (Å²) in [5, 5.41) is 9.34. The first kappa shape index (κ1) is 14.3. The molecule has 0 aromatic carbocycles. The van der Waals surface area contributed by atoms with E-state index in [1.165, 1.54) is 4.90 Å². The van der Waals surface area contributed by atoms with Gasteiger partial charge >= 0.3 is 6.09 Å². The molecule has 0 aromatic heterocycles. The first-order valence-corrected chi connectivity index (χ1v) is 5.94. The highest BCUT2D eigenvalue weighted by atomic mass is 16.6. The smallest absolute Gasteiger partial charge is 0.412 e. The Labute approximate surface area is 103 Å². The van der Waals surface area contributed by atoms with Crippen molar-refractivity contribution in [1.29, 1.82) is 0 Å². The molecule has 1 amide bonds. The van der Waals surface area contributed by atoms with Gasteiger partial charge in [-0.1, -0.05) is 0 Å². The molecule has 17 heavy (non-hydrogen) atoms. The van der Waals surface area contributed by atoms with E-state index in [1.807, 2.05) is 20.8 Å². The predicted octanol–water partition coefficient (Wildman–Crippen LogP) is 1.74. The van der Waals surface area contributed by atoms with Crippen LogP contribution in [0.25, 0.3) is 0 Å². The molecule has 1 rings (SSSR count). The minimum absolute atomic E-state index is 0.0773. The van der Waals surface area contributed by atoms with Gasteiger partial charge in [-0.3, -0.25) is 4.90 Å². The van der Waals surface area contributed by atoms with Gasteiger partial charge in [0.05, 0.1) is 19.3 Å². The van der Waals surface area contributed by atoms with Crippen LogP contribution in [0.2, 0.25) is 0 Å². The van der Waals surface area contributed by atoms with E-state index in [0.29, 0.717) is 13.0 Å². The Morgan fingerprint density at radius 3 is 2.59 bits per heavy atom. The van der Waals surface area contributed by atoms with Gasteiger partial charge in [0.1, 0.15) is 11.3 Å². The highest BCUT2D eigenvalue weighted by Gasteiger charge is 2.42. The maximum atomic E-state index is 12.1. The van der Waals surface area contributed by atoms with Crippen LogP contribution in [0.15, 0.2) is 0 Å². The molecule has 1 unspecified atom stereocenters. The Balaban J connectivity index is 2.85. The third-order valence-electron chi connectivity index (χ3n) is 2.65. The minimum Gasteiger partial charge on any atom is -0.444 e. The van der Waals surface area contributed by atoms with Gasteiger partial charge in [-0.15, -0.1) is 0 Å². The van der Waals surface area contributed by atoms with E-state index in [2.05, 4.69) is 0 Å². The second-order valence-corrected chi connectivity index (χ2v) is 5.77. The molecule has 5 nitrogen and oxygen atoms in total. The predicted molar refractivity (Wildman–Crippen MR) is 63.6 cm³/mol. The van der Waals surface area contributed by atoms with E-state index in [1.54, 1.807) is 13.8 Å². The summed E-state index contributed by atoms with van der Waals surface area (Å²) in [6.07, 6.45) is 0.181. The number of hydrogen-bond acceptors (Lipinski definition) is 4. The summed E-state index contributed by atoms with van der Waals surface area (Å²) in [6.45, 7) is 9.52. The average Bonchev–Trinajstić information content (AvgIpc) is 2.12. The molecule has 5 heteroatoms. The Hall–Kier alpha value is -0.810. The van der Waals surface area contributed by atoms with E-state index in [4.69, 9.17) is 9.47 Å². The van der Waals surface area contributed by atoms with E-state index in [9.17, 15) is 9.90 Å². The maximum Gasteiger partial charge on any atom is 0.412 e. The number of aliphatic hydroxyl groups is 1. The zero-order chi connectivity index (χ0) is 13.3. The molecule has 1 N–H and O–H groups in total. The average molecular weight is 245 g/mol. The lowest BCUT2D eigenvalue weighted by Gasteiger charge is -2.46. The largest absolute Gasteiger partial charge is 0.444 e. The van der Waals surface area contributed by atoms with Crippen LogP contribution in [0.1, 0.15) is 41.0 Å². The van der Waals surface area contributed by atoms with Crippen molar-refractivity contribution in [3.63, 3.8) is 0 Å². The summed E-state index contributed by atoms with van der Waals surface area (Å²) in [6, 6.07) is -0.242. The van der Waals surface area contributed by atoms with E-state index in [-0.39, 0.29) is 12.6 Å². The van der Waals surface area contributed by atoms with Gasteiger partial charge < -0.3 is 14.6 Å². The quantitative estimate of drug-likeness (QED) is 0.764. The van der Waals surface area contributed by atoms with Gasteiger partial charge in [0.2, 0.25) is 0 Å². The fourth-order valence-electron chi connectivity index (χ4n) is 1.94. The van der Waals surface area contributed by atoms with Crippen LogP contribution in [0.5, 0.6) is 0 Å². The van der Waals surface area contributed by atoms with Crippen LogP contribution in [0, 0.1) is 0 Å². The first-order chi connectivity index (χ1) is 7.67. The lowest BCUT2D eigenvalue weighted by Crippen LogP contribution is -2.60. The van der Waals surface area contributed by atoms with Crippen LogP contribution < -0.4 is 0 Å². The van der Waals surface area contributed by atoms with Crippen LogP contribution in [0.3, 0.4) is 0 Å². The highest BCUT2D eigenvalue weighted by molar-refractivity contribution is 5.69. The van der Waals surface area contributed by atoms with Crippen molar-refractivity contribution in [3.05, 3.63) is 0 Å². The zero-order valence-electron chi connectivity index (χ0n) is 11.3. The second kappa shape index (κ2) is 4.82. The van der Waals surface area contributed by atoms with Gasteiger partial charge in [-0.25, -0.2) is 4.79 Å². The molecule has 1 atom stereocenters. The Morgan fingerprint density at radius 2 is 2.12 bits per heavy atom. The lowest BCUT2D eigenvalue weighted by atomic mass is 10.1. The van der Waals surface area contributed by atoms with Gasteiger partial charge in [-0.05, 0) is 41.0 Å². The molecule has 1 saturated heterocycles. The van der Waals surface area contributed by atoms with Crippen molar-refractivity contribution in [3.8, 4) is 0 Å². The third-order valence-corrected chi connectivity index (χ3v) is 2.65. The fourth-order valence-corrected chi connectivity index (χ4v) is 1.94. The molecule has 1 aliphatic rings. The molecule has 1 fully saturated rings. The standard InChI is InChI=1S/C12H23NO4/c1-11(2,3)17-10(15)13-9(8-14)6-7-16-12(13,4)5/h9,14H,6-8H2,1-5H3. The number of aliphatic hydroxyl groups excluding tert-OH is 1. The molecule has 100 valence electrons.